The fraction of sp³-hybridized carbons (Fsp3) is 0.444. The molecular formula is C18H22N4OS. The minimum Gasteiger partial charge on any atom is -0.395 e. The number of aliphatic hydroxyl groups is 1. The second kappa shape index (κ2) is 6.18. The number of aromatic nitrogens is 3. The third kappa shape index (κ3) is 2.80. The molecule has 1 unspecified atom stereocenters. The van der Waals surface area contributed by atoms with Crippen molar-refractivity contribution in [3.05, 3.63) is 41.0 Å². The van der Waals surface area contributed by atoms with Crippen LogP contribution in [0.3, 0.4) is 0 Å². The molecule has 0 fully saturated rings. The highest BCUT2D eigenvalue weighted by Gasteiger charge is 2.24. The predicted molar refractivity (Wildman–Crippen MR) is 97.8 cm³/mol. The van der Waals surface area contributed by atoms with Crippen molar-refractivity contribution in [1.29, 1.82) is 0 Å². The normalized spacial score (nSPS) is 17.2. The molecule has 5 nitrogen and oxygen atoms in total. The van der Waals surface area contributed by atoms with Gasteiger partial charge in [0.1, 0.15) is 5.82 Å². The second-order valence-electron chi connectivity index (χ2n) is 6.50. The molecule has 3 aromatic rings. The van der Waals surface area contributed by atoms with Gasteiger partial charge in [-0.25, -0.2) is 9.97 Å². The number of benzene rings is 1. The summed E-state index contributed by atoms with van der Waals surface area (Å²) in [7, 11) is 0. The molecule has 126 valence electrons. The van der Waals surface area contributed by atoms with Gasteiger partial charge in [0.05, 0.1) is 22.5 Å². The van der Waals surface area contributed by atoms with Crippen molar-refractivity contribution in [3.63, 3.8) is 0 Å². The summed E-state index contributed by atoms with van der Waals surface area (Å²) in [6.45, 7) is 4.92. The van der Waals surface area contributed by atoms with Crippen LogP contribution >= 0.6 is 11.3 Å². The Morgan fingerprint density at radius 2 is 2.21 bits per heavy atom. The predicted octanol–water partition coefficient (Wildman–Crippen LogP) is 3.07. The Morgan fingerprint density at radius 1 is 1.33 bits per heavy atom. The number of hydrogen-bond donors (Lipinski definition) is 2. The highest BCUT2D eigenvalue weighted by atomic mass is 32.1. The maximum Gasteiger partial charge on any atom is 0.184 e. The van der Waals surface area contributed by atoms with Crippen LogP contribution in [0.25, 0.3) is 10.2 Å². The van der Waals surface area contributed by atoms with E-state index in [-0.39, 0.29) is 6.61 Å². The quantitative estimate of drug-likeness (QED) is 0.765. The monoisotopic (exact) mass is 342 g/mol. The van der Waals surface area contributed by atoms with Gasteiger partial charge in [-0.15, -0.1) is 0 Å². The molecule has 1 aliphatic carbocycles. The molecule has 0 aliphatic heterocycles. The summed E-state index contributed by atoms with van der Waals surface area (Å²) in [6, 6.07) is 6.78. The molecule has 2 heterocycles. The van der Waals surface area contributed by atoms with Gasteiger partial charge in [-0.2, -0.15) is 0 Å². The van der Waals surface area contributed by atoms with E-state index in [9.17, 15) is 5.11 Å². The molecule has 24 heavy (non-hydrogen) atoms. The van der Waals surface area contributed by atoms with Crippen molar-refractivity contribution >= 4 is 26.7 Å². The zero-order valence-corrected chi connectivity index (χ0v) is 14.9. The number of anilines is 1. The van der Waals surface area contributed by atoms with Gasteiger partial charge < -0.3 is 15.0 Å². The Balaban J connectivity index is 1.53. The Hall–Kier alpha value is -1.92. The molecule has 0 bridgehead atoms. The smallest absolute Gasteiger partial charge is 0.184 e. The highest BCUT2D eigenvalue weighted by Crippen LogP contribution is 2.30. The zero-order valence-electron chi connectivity index (χ0n) is 14.0. The maximum atomic E-state index is 9.23. The molecule has 0 saturated carbocycles. The fourth-order valence-corrected chi connectivity index (χ4v) is 4.48. The lowest BCUT2D eigenvalue weighted by molar-refractivity contribution is 0.272. The Morgan fingerprint density at radius 3 is 3.04 bits per heavy atom. The van der Waals surface area contributed by atoms with Crippen LogP contribution in [0.15, 0.2) is 18.2 Å². The third-order valence-corrected chi connectivity index (χ3v) is 5.68. The topological polar surface area (TPSA) is 63.0 Å². The van der Waals surface area contributed by atoms with E-state index in [2.05, 4.69) is 35.0 Å². The minimum absolute atomic E-state index is 0.163. The summed E-state index contributed by atoms with van der Waals surface area (Å²) in [4.78, 5) is 9.44. The van der Waals surface area contributed by atoms with Crippen LogP contribution in [0.2, 0.25) is 0 Å². The van der Waals surface area contributed by atoms with Crippen LogP contribution in [0.4, 0.5) is 5.13 Å². The molecule has 2 aromatic heterocycles. The number of imidazole rings is 1. The SMILES string of the molecule is Cc1ccc2sc(NC3CCc4c(nc(C)n4CCO)C3)nc2c1. The average Bonchev–Trinajstić information content (AvgIpc) is 3.07. The second-order valence-corrected chi connectivity index (χ2v) is 7.53. The number of thiazole rings is 1. The van der Waals surface area contributed by atoms with Gasteiger partial charge in [0.2, 0.25) is 0 Å². The van der Waals surface area contributed by atoms with E-state index in [0.29, 0.717) is 12.6 Å². The molecule has 0 radical (unpaired) electrons. The Kier molecular flexibility index (Phi) is 4.02. The van der Waals surface area contributed by atoms with Gasteiger partial charge in [0.15, 0.2) is 5.13 Å². The summed E-state index contributed by atoms with van der Waals surface area (Å²) in [5.74, 6) is 1.00. The van der Waals surface area contributed by atoms with Gasteiger partial charge >= 0.3 is 0 Å². The van der Waals surface area contributed by atoms with Gasteiger partial charge in [-0.05, 0) is 44.4 Å². The molecule has 1 atom stereocenters. The number of aliphatic hydroxyl groups excluding tert-OH is 1. The summed E-state index contributed by atoms with van der Waals surface area (Å²) < 4.78 is 3.38. The number of aryl methyl sites for hydroxylation is 2. The number of nitrogens with one attached hydrogen (secondary N) is 1. The standard InChI is InChI=1S/C18H22N4OS/c1-11-3-6-17-15(9-11)21-18(24-17)20-13-4-5-16-14(10-13)19-12(2)22(16)7-8-23/h3,6,9,13,23H,4-5,7-8,10H2,1-2H3,(H,20,21). The summed E-state index contributed by atoms with van der Waals surface area (Å²) in [5.41, 5.74) is 4.77. The molecule has 6 heteroatoms. The summed E-state index contributed by atoms with van der Waals surface area (Å²) >= 11 is 1.72. The van der Waals surface area contributed by atoms with Crippen LogP contribution in [-0.4, -0.2) is 32.3 Å². The molecule has 0 saturated heterocycles. The van der Waals surface area contributed by atoms with Gasteiger partial charge in [0, 0.05) is 24.7 Å². The van der Waals surface area contributed by atoms with Crippen molar-refractivity contribution in [2.45, 2.75) is 45.7 Å². The van der Waals surface area contributed by atoms with E-state index in [1.165, 1.54) is 21.7 Å². The Bertz CT molecular complexity index is 883. The van der Waals surface area contributed by atoms with Crippen LogP contribution in [0.1, 0.15) is 29.2 Å². The van der Waals surface area contributed by atoms with Crippen LogP contribution < -0.4 is 5.32 Å². The van der Waals surface area contributed by atoms with Crippen molar-refractivity contribution in [2.24, 2.45) is 0 Å². The molecule has 1 aromatic carbocycles. The van der Waals surface area contributed by atoms with E-state index >= 15 is 0 Å². The van der Waals surface area contributed by atoms with Gasteiger partial charge in [0.25, 0.3) is 0 Å². The maximum absolute atomic E-state index is 9.23. The number of rotatable bonds is 4. The molecule has 4 rings (SSSR count). The van der Waals surface area contributed by atoms with Crippen molar-refractivity contribution in [2.75, 3.05) is 11.9 Å². The lowest BCUT2D eigenvalue weighted by atomic mass is 9.96. The van der Waals surface area contributed by atoms with E-state index < -0.39 is 0 Å². The molecular weight excluding hydrogens is 320 g/mol. The highest BCUT2D eigenvalue weighted by molar-refractivity contribution is 7.22. The van der Waals surface area contributed by atoms with Crippen LogP contribution in [0.5, 0.6) is 0 Å². The zero-order chi connectivity index (χ0) is 16.7. The number of hydrogen-bond acceptors (Lipinski definition) is 5. The van der Waals surface area contributed by atoms with E-state index in [0.717, 1.165) is 35.7 Å². The van der Waals surface area contributed by atoms with Crippen molar-refractivity contribution in [1.82, 2.24) is 14.5 Å². The minimum atomic E-state index is 0.163. The summed E-state index contributed by atoms with van der Waals surface area (Å²) in [5, 5.41) is 13.8. The number of nitrogens with zero attached hydrogens (tertiary/aromatic N) is 3. The van der Waals surface area contributed by atoms with Crippen LogP contribution in [-0.2, 0) is 19.4 Å². The molecule has 0 spiro atoms. The van der Waals surface area contributed by atoms with Crippen LogP contribution in [0, 0.1) is 13.8 Å². The molecule has 2 N–H and O–H groups in total. The molecule has 0 amide bonds. The first-order chi connectivity index (χ1) is 11.6. The first kappa shape index (κ1) is 15.6. The Labute approximate surface area is 145 Å². The largest absolute Gasteiger partial charge is 0.395 e. The lowest BCUT2D eigenvalue weighted by Crippen LogP contribution is -2.28. The average molecular weight is 342 g/mol. The van der Waals surface area contributed by atoms with Gasteiger partial charge in [-0.3, -0.25) is 0 Å². The third-order valence-electron chi connectivity index (χ3n) is 4.71. The van der Waals surface area contributed by atoms with Gasteiger partial charge in [-0.1, -0.05) is 17.4 Å². The summed E-state index contributed by atoms with van der Waals surface area (Å²) in [6.07, 6.45) is 2.99. The first-order valence-corrected chi connectivity index (χ1v) is 9.25. The van der Waals surface area contributed by atoms with Crippen molar-refractivity contribution in [3.8, 4) is 0 Å². The van der Waals surface area contributed by atoms with E-state index in [1.54, 1.807) is 11.3 Å². The lowest BCUT2D eigenvalue weighted by Gasteiger charge is -2.23. The van der Waals surface area contributed by atoms with Crippen molar-refractivity contribution < 1.29 is 5.11 Å². The first-order valence-electron chi connectivity index (χ1n) is 8.43. The van der Waals surface area contributed by atoms with E-state index in [4.69, 9.17) is 9.97 Å². The molecule has 1 aliphatic rings. The van der Waals surface area contributed by atoms with E-state index in [1.807, 2.05) is 6.92 Å². The number of fused-ring (bicyclic) bond motifs is 2. The fourth-order valence-electron chi connectivity index (χ4n) is 3.55.